The van der Waals surface area contributed by atoms with E-state index < -0.39 is 5.82 Å². The van der Waals surface area contributed by atoms with Crippen molar-refractivity contribution in [3.05, 3.63) is 41.5 Å². The minimum atomic E-state index is -0.518. The van der Waals surface area contributed by atoms with E-state index in [1.54, 1.807) is 6.92 Å². The van der Waals surface area contributed by atoms with Crippen LogP contribution in [0.3, 0.4) is 0 Å². The summed E-state index contributed by atoms with van der Waals surface area (Å²) in [4.78, 5) is 7.97. The molecule has 2 rings (SSSR count). The Balaban J connectivity index is 2.34. The zero-order valence-corrected chi connectivity index (χ0v) is 10.4. The Morgan fingerprint density at radius 1 is 1.37 bits per heavy atom. The average Bonchev–Trinajstić information content (AvgIpc) is 2.43. The van der Waals surface area contributed by atoms with Gasteiger partial charge >= 0.3 is 0 Å². The van der Waals surface area contributed by atoms with Crippen molar-refractivity contribution in [3.63, 3.8) is 0 Å². The van der Waals surface area contributed by atoms with Crippen LogP contribution < -0.4 is 10.1 Å². The minimum absolute atomic E-state index is 0.239. The molecule has 0 aliphatic heterocycles. The monoisotopic (exact) mass is 258 g/mol. The van der Waals surface area contributed by atoms with Gasteiger partial charge in [-0.15, -0.1) is 0 Å². The Labute approximate surface area is 109 Å². The number of ether oxygens (including phenoxy) is 1. The largest absolute Gasteiger partial charge is 0.481 e. The topological polar surface area (TPSA) is 70.8 Å². The molecule has 0 fully saturated rings. The molecule has 0 radical (unpaired) electrons. The van der Waals surface area contributed by atoms with E-state index in [2.05, 4.69) is 15.3 Å². The molecule has 0 saturated carbocycles. The SMILES string of the molecule is COc1ncnc(Nc2ccc(C#N)cc2F)c1C. The van der Waals surface area contributed by atoms with E-state index in [-0.39, 0.29) is 11.3 Å². The van der Waals surface area contributed by atoms with Crippen LogP contribution in [0.5, 0.6) is 5.88 Å². The van der Waals surface area contributed by atoms with Crippen LogP contribution in [0.4, 0.5) is 15.9 Å². The van der Waals surface area contributed by atoms with Gasteiger partial charge in [0, 0.05) is 0 Å². The summed E-state index contributed by atoms with van der Waals surface area (Å²) in [5.74, 6) is 0.359. The van der Waals surface area contributed by atoms with Gasteiger partial charge in [0.05, 0.1) is 30.0 Å². The molecule has 0 bridgehead atoms. The molecule has 0 saturated heterocycles. The first-order valence-electron chi connectivity index (χ1n) is 5.48. The first-order chi connectivity index (χ1) is 9.15. The normalized spacial score (nSPS) is 9.79. The Morgan fingerprint density at radius 3 is 2.79 bits per heavy atom. The second kappa shape index (κ2) is 5.31. The quantitative estimate of drug-likeness (QED) is 0.916. The van der Waals surface area contributed by atoms with Crippen LogP contribution in [0.15, 0.2) is 24.5 Å². The van der Waals surface area contributed by atoms with E-state index in [1.807, 2.05) is 6.07 Å². The highest BCUT2D eigenvalue weighted by atomic mass is 19.1. The lowest BCUT2D eigenvalue weighted by molar-refractivity contribution is 0.394. The molecule has 0 unspecified atom stereocenters. The van der Waals surface area contributed by atoms with Gasteiger partial charge in [-0.2, -0.15) is 5.26 Å². The summed E-state index contributed by atoms with van der Waals surface area (Å²) in [6.45, 7) is 1.77. The van der Waals surface area contributed by atoms with Gasteiger partial charge in [-0.1, -0.05) is 0 Å². The van der Waals surface area contributed by atoms with Crippen LogP contribution >= 0.6 is 0 Å². The smallest absolute Gasteiger partial charge is 0.221 e. The van der Waals surface area contributed by atoms with Crippen LogP contribution in [0.1, 0.15) is 11.1 Å². The maximum atomic E-state index is 13.7. The molecule has 0 atom stereocenters. The minimum Gasteiger partial charge on any atom is -0.481 e. The molecule has 96 valence electrons. The number of hydrogen-bond acceptors (Lipinski definition) is 5. The van der Waals surface area contributed by atoms with E-state index in [0.717, 1.165) is 6.07 Å². The van der Waals surface area contributed by atoms with Crippen molar-refractivity contribution in [2.45, 2.75) is 6.92 Å². The third kappa shape index (κ3) is 2.60. The molecule has 6 heteroatoms. The van der Waals surface area contributed by atoms with E-state index in [1.165, 1.54) is 25.6 Å². The molecular weight excluding hydrogens is 247 g/mol. The number of nitrogens with one attached hydrogen (secondary N) is 1. The first-order valence-corrected chi connectivity index (χ1v) is 5.48. The van der Waals surface area contributed by atoms with Crippen LogP contribution in [-0.4, -0.2) is 17.1 Å². The highest BCUT2D eigenvalue weighted by Crippen LogP contribution is 2.25. The lowest BCUT2D eigenvalue weighted by Gasteiger charge is -2.11. The molecule has 1 heterocycles. The van der Waals surface area contributed by atoms with Crippen LogP contribution in [0, 0.1) is 24.1 Å². The Hall–Kier alpha value is -2.68. The second-order valence-electron chi connectivity index (χ2n) is 3.79. The maximum absolute atomic E-state index is 13.7. The van der Waals surface area contributed by atoms with Crippen LogP contribution in [0.25, 0.3) is 0 Å². The molecule has 0 amide bonds. The Bertz CT molecular complexity index is 652. The molecule has 1 aromatic heterocycles. The van der Waals surface area contributed by atoms with Gasteiger partial charge in [0.1, 0.15) is 18.0 Å². The fraction of sp³-hybridized carbons (Fsp3) is 0.154. The summed E-state index contributed by atoms with van der Waals surface area (Å²) < 4.78 is 18.8. The van der Waals surface area contributed by atoms with E-state index in [0.29, 0.717) is 17.3 Å². The molecule has 5 nitrogen and oxygen atoms in total. The van der Waals surface area contributed by atoms with Gasteiger partial charge in [-0.3, -0.25) is 0 Å². The molecule has 2 aromatic rings. The van der Waals surface area contributed by atoms with Gasteiger partial charge in [0.15, 0.2) is 0 Å². The first kappa shape index (κ1) is 12.8. The van der Waals surface area contributed by atoms with Crippen LogP contribution in [0.2, 0.25) is 0 Å². The van der Waals surface area contributed by atoms with Gasteiger partial charge in [0.2, 0.25) is 5.88 Å². The molecule has 19 heavy (non-hydrogen) atoms. The van der Waals surface area contributed by atoms with Crippen molar-refractivity contribution in [2.75, 3.05) is 12.4 Å². The van der Waals surface area contributed by atoms with Gasteiger partial charge in [0.25, 0.3) is 0 Å². The predicted molar refractivity (Wildman–Crippen MR) is 67.7 cm³/mol. The lowest BCUT2D eigenvalue weighted by atomic mass is 10.2. The molecular formula is C13H11FN4O. The van der Waals surface area contributed by atoms with E-state index in [9.17, 15) is 4.39 Å². The maximum Gasteiger partial charge on any atom is 0.221 e. The molecule has 0 aliphatic carbocycles. The molecule has 0 aliphatic rings. The highest BCUT2D eigenvalue weighted by molar-refractivity contribution is 5.62. The molecule has 0 spiro atoms. The number of aromatic nitrogens is 2. The standard InChI is InChI=1S/C13H11FN4O/c1-8-12(16-7-17-13(8)19-2)18-11-4-3-9(6-15)5-10(11)14/h3-5,7H,1-2H3,(H,16,17,18). The van der Waals surface area contributed by atoms with Gasteiger partial charge in [-0.05, 0) is 25.1 Å². The summed E-state index contributed by atoms with van der Waals surface area (Å²) in [6, 6.07) is 6.05. The number of nitrogens with zero attached hydrogens (tertiary/aromatic N) is 3. The summed E-state index contributed by atoms with van der Waals surface area (Å²) in [5, 5.41) is 11.5. The summed E-state index contributed by atoms with van der Waals surface area (Å²) in [5.41, 5.74) is 1.18. The molecule has 1 N–H and O–H groups in total. The Kier molecular flexibility index (Phi) is 3.57. The van der Waals surface area contributed by atoms with Gasteiger partial charge in [-0.25, -0.2) is 14.4 Å². The van der Waals surface area contributed by atoms with Crippen molar-refractivity contribution >= 4 is 11.5 Å². The van der Waals surface area contributed by atoms with Crippen molar-refractivity contribution in [1.29, 1.82) is 5.26 Å². The highest BCUT2D eigenvalue weighted by Gasteiger charge is 2.10. The number of nitriles is 1. The van der Waals surface area contributed by atoms with E-state index >= 15 is 0 Å². The van der Waals surface area contributed by atoms with Gasteiger partial charge < -0.3 is 10.1 Å². The fourth-order valence-corrected chi connectivity index (χ4v) is 1.58. The number of rotatable bonds is 3. The fourth-order valence-electron chi connectivity index (χ4n) is 1.58. The summed E-state index contributed by atoms with van der Waals surface area (Å²) in [7, 11) is 1.50. The summed E-state index contributed by atoms with van der Waals surface area (Å²) in [6.07, 6.45) is 1.33. The zero-order valence-electron chi connectivity index (χ0n) is 10.4. The third-order valence-electron chi connectivity index (χ3n) is 2.58. The number of halogens is 1. The number of hydrogen-bond donors (Lipinski definition) is 1. The van der Waals surface area contributed by atoms with Crippen molar-refractivity contribution in [2.24, 2.45) is 0 Å². The summed E-state index contributed by atoms with van der Waals surface area (Å²) >= 11 is 0. The molecule has 1 aromatic carbocycles. The zero-order chi connectivity index (χ0) is 13.8. The van der Waals surface area contributed by atoms with Crippen molar-refractivity contribution < 1.29 is 9.13 Å². The Morgan fingerprint density at radius 2 is 2.16 bits per heavy atom. The lowest BCUT2D eigenvalue weighted by Crippen LogP contribution is -2.02. The second-order valence-corrected chi connectivity index (χ2v) is 3.79. The third-order valence-corrected chi connectivity index (χ3v) is 2.58. The predicted octanol–water partition coefficient (Wildman–Crippen LogP) is 2.55. The van der Waals surface area contributed by atoms with E-state index in [4.69, 9.17) is 10.00 Å². The number of anilines is 2. The number of benzene rings is 1. The van der Waals surface area contributed by atoms with Crippen molar-refractivity contribution in [1.82, 2.24) is 9.97 Å². The van der Waals surface area contributed by atoms with Crippen LogP contribution in [-0.2, 0) is 0 Å². The number of methoxy groups -OCH3 is 1. The average molecular weight is 258 g/mol. The van der Waals surface area contributed by atoms with Crippen molar-refractivity contribution in [3.8, 4) is 11.9 Å².